The quantitative estimate of drug-likeness (QED) is 0.385. The van der Waals surface area contributed by atoms with Crippen molar-refractivity contribution in [2.24, 2.45) is 11.7 Å². The zero-order valence-corrected chi connectivity index (χ0v) is 21.4. The molecule has 0 saturated carbocycles. The van der Waals surface area contributed by atoms with Crippen LogP contribution in [-0.4, -0.2) is 84.7 Å². The van der Waals surface area contributed by atoms with Crippen LogP contribution in [0.2, 0.25) is 0 Å². The van der Waals surface area contributed by atoms with Crippen LogP contribution in [0.4, 0.5) is 13.2 Å². The van der Waals surface area contributed by atoms with Crippen molar-refractivity contribution in [3.05, 3.63) is 30.0 Å². The summed E-state index contributed by atoms with van der Waals surface area (Å²) in [5, 5.41) is 5.57. The third-order valence-corrected chi connectivity index (χ3v) is 7.45. The van der Waals surface area contributed by atoms with E-state index in [-0.39, 0.29) is 18.0 Å². The monoisotopic (exact) mass is 553 g/mol. The van der Waals surface area contributed by atoms with E-state index in [1.807, 2.05) is 0 Å². The number of amides is 4. The van der Waals surface area contributed by atoms with Gasteiger partial charge in [-0.2, -0.15) is 13.2 Å². The zero-order chi connectivity index (χ0) is 28.5. The third kappa shape index (κ3) is 5.37. The molecule has 11 nitrogen and oxygen atoms in total. The lowest BCUT2D eigenvalue weighted by Crippen LogP contribution is -2.53. The number of aromatic amines is 1. The number of nitrogens with zero attached hydrogens (tertiary/aromatic N) is 1. The Morgan fingerprint density at radius 1 is 1.28 bits per heavy atom. The molecule has 1 aromatic carbocycles. The van der Waals surface area contributed by atoms with E-state index in [0.717, 1.165) is 12.0 Å². The van der Waals surface area contributed by atoms with Crippen molar-refractivity contribution in [3.8, 4) is 5.75 Å². The molecule has 39 heavy (non-hydrogen) atoms. The van der Waals surface area contributed by atoms with Gasteiger partial charge in [-0.05, 0) is 37.5 Å². The predicted molar refractivity (Wildman–Crippen MR) is 132 cm³/mol. The second-order valence-corrected chi connectivity index (χ2v) is 9.78. The molecule has 14 heteroatoms. The highest BCUT2D eigenvalue weighted by atomic mass is 19.4. The molecule has 0 unspecified atom stereocenters. The molecule has 2 saturated heterocycles. The molecule has 4 rings (SSSR count). The molecule has 1 aromatic heterocycles. The summed E-state index contributed by atoms with van der Waals surface area (Å²) < 4.78 is 52.6. The number of aromatic nitrogens is 1. The van der Waals surface area contributed by atoms with Crippen LogP contribution in [0, 0.1) is 5.92 Å². The van der Waals surface area contributed by atoms with Crippen LogP contribution in [0.3, 0.4) is 0 Å². The molecule has 0 aliphatic carbocycles. The molecular formula is C25H30F3N5O6. The number of likely N-dealkylation sites (tertiary alicyclic amines) is 1. The van der Waals surface area contributed by atoms with Crippen LogP contribution < -0.4 is 21.1 Å². The number of H-pyrrole nitrogens is 1. The van der Waals surface area contributed by atoms with Crippen LogP contribution in [0.15, 0.2) is 24.3 Å². The molecule has 2 fully saturated rings. The summed E-state index contributed by atoms with van der Waals surface area (Å²) in [6.07, 6.45) is -4.81. The van der Waals surface area contributed by atoms with Crippen LogP contribution in [0.5, 0.6) is 5.75 Å². The fourth-order valence-electron chi connectivity index (χ4n) is 5.22. The maximum atomic E-state index is 14.2. The highest BCUT2D eigenvalue weighted by Gasteiger charge is 2.64. The van der Waals surface area contributed by atoms with Gasteiger partial charge in [0.25, 0.3) is 5.91 Å². The first-order valence-electron chi connectivity index (χ1n) is 12.4. The molecule has 2 aliphatic heterocycles. The number of nitrogens with two attached hydrogens (primary N) is 1. The van der Waals surface area contributed by atoms with E-state index in [0.29, 0.717) is 36.0 Å². The Balaban J connectivity index is 1.64. The number of piperidine rings is 1. The lowest BCUT2D eigenvalue weighted by molar-refractivity contribution is -0.263. The zero-order valence-electron chi connectivity index (χ0n) is 21.4. The Kier molecular flexibility index (Phi) is 7.77. The van der Waals surface area contributed by atoms with Crippen LogP contribution >= 0.6 is 0 Å². The third-order valence-electron chi connectivity index (χ3n) is 7.45. The smallest absolute Gasteiger partial charge is 0.419 e. The Morgan fingerprint density at radius 2 is 2.03 bits per heavy atom. The Bertz CT molecular complexity index is 1280. The van der Waals surface area contributed by atoms with Crippen molar-refractivity contribution < 1.29 is 41.8 Å². The highest BCUT2D eigenvalue weighted by Crippen LogP contribution is 2.43. The molecule has 4 atom stereocenters. The minimum absolute atomic E-state index is 0.0632. The first-order valence-corrected chi connectivity index (χ1v) is 12.4. The number of methoxy groups -OCH3 is 2. The lowest BCUT2D eigenvalue weighted by atomic mass is 9.91. The minimum atomic E-state index is -4.91. The Morgan fingerprint density at radius 3 is 2.64 bits per heavy atom. The molecule has 0 bridgehead atoms. The molecular weight excluding hydrogens is 523 g/mol. The van der Waals surface area contributed by atoms with Gasteiger partial charge in [0.1, 0.15) is 23.5 Å². The van der Waals surface area contributed by atoms with Gasteiger partial charge in [-0.25, -0.2) is 0 Å². The average molecular weight is 554 g/mol. The van der Waals surface area contributed by atoms with E-state index in [2.05, 4.69) is 15.6 Å². The number of primary amides is 1. The van der Waals surface area contributed by atoms with Gasteiger partial charge >= 0.3 is 6.18 Å². The summed E-state index contributed by atoms with van der Waals surface area (Å²) in [5.74, 6) is -3.30. The van der Waals surface area contributed by atoms with Gasteiger partial charge in [0.15, 0.2) is 5.60 Å². The number of alkyl halides is 3. The number of rotatable bonds is 8. The van der Waals surface area contributed by atoms with Crippen molar-refractivity contribution in [2.75, 3.05) is 27.3 Å². The molecule has 5 N–H and O–H groups in total. The summed E-state index contributed by atoms with van der Waals surface area (Å²) in [6.45, 7) is -0.471. The summed E-state index contributed by atoms with van der Waals surface area (Å²) >= 11 is 0. The van der Waals surface area contributed by atoms with Crippen molar-refractivity contribution >= 4 is 34.5 Å². The standard InChI is InChI=1S/C25H30F3N5O6/c1-38-19-7-3-6-15-14(19)10-17(31-15)23(37)33-12-24(39-2,25(26,27)28)11-18(33)22(36)32-16(20(29)34)9-13-5-4-8-30-21(13)35/h3,6-7,10,13,16,18,31H,4-5,8-9,11-12H2,1-2H3,(H2,29,34)(H,30,35)(H,32,36)/t13-,16-,18-,24-/m0/s1. The van der Waals surface area contributed by atoms with E-state index < -0.39 is 60.5 Å². The van der Waals surface area contributed by atoms with Gasteiger partial charge in [0.2, 0.25) is 17.7 Å². The Hall–Kier alpha value is -3.81. The normalized spacial score (nSPS) is 24.3. The summed E-state index contributed by atoms with van der Waals surface area (Å²) in [7, 11) is 2.30. The molecule has 4 amide bonds. The predicted octanol–water partition coefficient (Wildman–Crippen LogP) is 1.22. The number of carbonyl (C=O) groups excluding carboxylic acids is 4. The van der Waals surface area contributed by atoms with E-state index >= 15 is 0 Å². The van der Waals surface area contributed by atoms with Gasteiger partial charge in [-0.15, -0.1) is 0 Å². The first-order chi connectivity index (χ1) is 18.4. The van der Waals surface area contributed by atoms with Gasteiger partial charge < -0.3 is 35.7 Å². The van der Waals surface area contributed by atoms with Gasteiger partial charge in [-0.1, -0.05) is 6.07 Å². The fourth-order valence-corrected chi connectivity index (χ4v) is 5.22. The van der Waals surface area contributed by atoms with Gasteiger partial charge in [0, 0.05) is 36.9 Å². The molecule has 3 heterocycles. The number of carbonyl (C=O) groups is 4. The molecule has 2 aromatic rings. The van der Waals surface area contributed by atoms with E-state index in [4.69, 9.17) is 15.2 Å². The number of hydrogen-bond acceptors (Lipinski definition) is 6. The van der Waals surface area contributed by atoms with E-state index in [9.17, 15) is 32.3 Å². The van der Waals surface area contributed by atoms with Gasteiger partial charge in [-0.3, -0.25) is 19.2 Å². The van der Waals surface area contributed by atoms with Crippen molar-refractivity contribution in [1.82, 2.24) is 20.5 Å². The first kappa shape index (κ1) is 28.2. The number of ether oxygens (including phenoxy) is 2. The minimum Gasteiger partial charge on any atom is -0.496 e. The molecule has 0 spiro atoms. The van der Waals surface area contributed by atoms with Crippen LogP contribution in [0.25, 0.3) is 10.9 Å². The average Bonchev–Trinajstić information content (AvgIpc) is 3.52. The molecule has 0 radical (unpaired) electrons. The SMILES string of the molecule is COc1cccc2[nH]c(C(=O)N3C[C@](OC)(C(F)(F)F)C[C@H]3C(=O)N[C@@H](C[C@@H]3CCCNC3=O)C(N)=O)cc12. The number of hydrogen-bond donors (Lipinski definition) is 4. The largest absolute Gasteiger partial charge is 0.496 e. The molecule has 2 aliphatic rings. The maximum Gasteiger partial charge on any atom is 0.419 e. The second-order valence-electron chi connectivity index (χ2n) is 9.78. The Labute approximate surface area is 221 Å². The summed E-state index contributed by atoms with van der Waals surface area (Å²) in [6, 6.07) is 3.45. The molecule has 212 valence electrons. The highest BCUT2D eigenvalue weighted by molar-refractivity contribution is 6.02. The van der Waals surface area contributed by atoms with E-state index in [1.165, 1.54) is 13.2 Å². The fraction of sp³-hybridized carbons (Fsp3) is 0.520. The van der Waals surface area contributed by atoms with Gasteiger partial charge in [0.05, 0.1) is 13.7 Å². The van der Waals surface area contributed by atoms with E-state index in [1.54, 1.807) is 18.2 Å². The van der Waals surface area contributed by atoms with Crippen LogP contribution in [0.1, 0.15) is 36.2 Å². The lowest BCUT2D eigenvalue weighted by Gasteiger charge is -2.29. The number of halogens is 3. The maximum absolute atomic E-state index is 14.2. The summed E-state index contributed by atoms with van der Waals surface area (Å²) in [5.41, 5.74) is 3.09. The van der Waals surface area contributed by atoms with Crippen molar-refractivity contribution in [3.63, 3.8) is 0 Å². The number of nitrogens with one attached hydrogen (secondary N) is 3. The van der Waals surface area contributed by atoms with Crippen molar-refractivity contribution in [1.29, 1.82) is 0 Å². The summed E-state index contributed by atoms with van der Waals surface area (Å²) in [4.78, 5) is 54.9. The topological polar surface area (TPSA) is 156 Å². The van der Waals surface area contributed by atoms with Crippen molar-refractivity contribution in [2.45, 2.75) is 49.5 Å². The van der Waals surface area contributed by atoms with Crippen LogP contribution in [-0.2, 0) is 19.1 Å². The number of fused-ring (bicyclic) bond motifs is 1. The number of benzene rings is 1. The second kappa shape index (κ2) is 10.8.